The summed E-state index contributed by atoms with van der Waals surface area (Å²) in [5, 5.41) is 0. The van der Waals surface area contributed by atoms with Crippen LogP contribution in [0.3, 0.4) is 0 Å². The Hall–Kier alpha value is -0.0700. The van der Waals surface area contributed by atoms with Crippen LogP contribution in [0.5, 0.6) is 0 Å². The fourth-order valence-electron chi connectivity index (χ4n) is 6.45. The Labute approximate surface area is 91.6 Å². The van der Waals surface area contributed by atoms with E-state index in [0.29, 0.717) is 11.3 Å². The van der Waals surface area contributed by atoms with E-state index in [9.17, 15) is 4.39 Å². The number of hydrogen-bond acceptors (Lipinski definition) is 0. The van der Waals surface area contributed by atoms with Gasteiger partial charge in [-0.1, -0.05) is 6.92 Å². The maximum Gasteiger partial charge on any atom is 0.111 e. The second kappa shape index (κ2) is 2.28. The predicted molar refractivity (Wildman–Crippen MR) is 58.2 cm³/mol. The molecule has 4 bridgehead atoms. The molecule has 4 fully saturated rings. The van der Waals surface area contributed by atoms with Crippen molar-refractivity contribution in [2.24, 2.45) is 35.0 Å². The number of fused-ring (bicyclic) bond motifs is 9. The van der Waals surface area contributed by atoms with E-state index in [1.54, 1.807) is 0 Å². The van der Waals surface area contributed by atoms with Gasteiger partial charge in [0.1, 0.15) is 5.67 Å². The summed E-state index contributed by atoms with van der Waals surface area (Å²) >= 11 is 0. The van der Waals surface area contributed by atoms with Gasteiger partial charge in [0.2, 0.25) is 0 Å². The smallest absolute Gasteiger partial charge is 0.111 e. The van der Waals surface area contributed by atoms with Gasteiger partial charge in [0.05, 0.1) is 0 Å². The molecule has 0 heterocycles. The molecule has 0 saturated heterocycles. The minimum Gasteiger partial charge on any atom is -0.244 e. The molecule has 0 radical (unpaired) electrons. The van der Waals surface area contributed by atoms with Gasteiger partial charge < -0.3 is 0 Å². The van der Waals surface area contributed by atoms with Crippen LogP contribution in [0.25, 0.3) is 0 Å². The van der Waals surface area contributed by atoms with Gasteiger partial charge in [0.25, 0.3) is 0 Å². The van der Waals surface area contributed by atoms with Crippen molar-refractivity contribution < 1.29 is 4.39 Å². The standard InChI is InChI=1S/C14H21F/c1-13-6-10(14(2,15)7-13)11-8-3-4-9(5-8)12(11)13/h8-12H,3-7H2,1-2H3. The lowest BCUT2D eigenvalue weighted by molar-refractivity contribution is -0.0121. The molecule has 7 unspecified atom stereocenters. The second-order valence-electron chi connectivity index (χ2n) is 7.36. The van der Waals surface area contributed by atoms with E-state index in [-0.39, 0.29) is 0 Å². The van der Waals surface area contributed by atoms with E-state index >= 15 is 0 Å². The van der Waals surface area contributed by atoms with Crippen molar-refractivity contribution in [1.82, 2.24) is 0 Å². The van der Waals surface area contributed by atoms with Crippen molar-refractivity contribution in [3.05, 3.63) is 0 Å². The van der Waals surface area contributed by atoms with Crippen molar-refractivity contribution in [1.29, 1.82) is 0 Å². The zero-order valence-electron chi connectivity index (χ0n) is 9.80. The van der Waals surface area contributed by atoms with Gasteiger partial charge >= 0.3 is 0 Å². The first-order chi connectivity index (χ1) is 7.01. The first-order valence-corrected chi connectivity index (χ1v) is 6.70. The quantitative estimate of drug-likeness (QED) is 0.531. The van der Waals surface area contributed by atoms with Gasteiger partial charge in [-0.15, -0.1) is 0 Å². The molecule has 1 heteroatoms. The molecule has 4 aliphatic rings. The van der Waals surface area contributed by atoms with Crippen LogP contribution in [0.1, 0.15) is 46.0 Å². The van der Waals surface area contributed by atoms with Crippen LogP contribution in [0, 0.1) is 35.0 Å². The summed E-state index contributed by atoms with van der Waals surface area (Å²) < 4.78 is 14.5. The minimum absolute atomic E-state index is 0.374. The summed E-state index contributed by atoms with van der Waals surface area (Å²) in [5.74, 6) is 3.98. The van der Waals surface area contributed by atoms with E-state index in [0.717, 1.165) is 30.1 Å². The highest BCUT2D eigenvalue weighted by atomic mass is 19.1. The van der Waals surface area contributed by atoms with Crippen molar-refractivity contribution in [2.45, 2.75) is 51.6 Å². The summed E-state index contributed by atoms with van der Waals surface area (Å²) in [4.78, 5) is 0. The van der Waals surface area contributed by atoms with Gasteiger partial charge in [0, 0.05) is 0 Å². The topological polar surface area (TPSA) is 0 Å². The van der Waals surface area contributed by atoms with Crippen LogP contribution in [-0.2, 0) is 0 Å². The molecule has 0 aromatic heterocycles. The molecule has 0 aromatic carbocycles. The Morgan fingerprint density at radius 3 is 2.67 bits per heavy atom. The van der Waals surface area contributed by atoms with E-state index in [4.69, 9.17) is 0 Å². The average Bonchev–Trinajstić information content (AvgIpc) is 2.76. The molecule has 0 amide bonds. The normalized spacial score (nSPS) is 70.2. The predicted octanol–water partition coefficient (Wildman–Crippen LogP) is 3.81. The highest BCUT2D eigenvalue weighted by Crippen LogP contribution is 2.74. The van der Waals surface area contributed by atoms with Gasteiger partial charge in [-0.2, -0.15) is 0 Å². The van der Waals surface area contributed by atoms with Gasteiger partial charge in [-0.25, -0.2) is 4.39 Å². The summed E-state index contributed by atoms with van der Waals surface area (Å²) in [7, 11) is 0. The van der Waals surface area contributed by atoms with E-state index in [2.05, 4.69) is 6.92 Å². The number of rotatable bonds is 0. The van der Waals surface area contributed by atoms with Crippen molar-refractivity contribution in [3.8, 4) is 0 Å². The molecule has 0 N–H and O–H groups in total. The Balaban J connectivity index is 1.80. The maximum absolute atomic E-state index is 14.5. The molecule has 15 heavy (non-hydrogen) atoms. The molecule has 7 atom stereocenters. The minimum atomic E-state index is -0.833. The molecule has 0 spiro atoms. The highest BCUT2D eigenvalue weighted by molar-refractivity contribution is 5.19. The molecular formula is C14H21F. The third-order valence-corrected chi connectivity index (χ3v) is 6.46. The SMILES string of the molecule is CC1(F)CC2(C)CC1C1C3CCC(C3)C12. The van der Waals surface area contributed by atoms with Crippen LogP contribution < -0.4 is 0 Å². The van der Waals surface area contributed by atoms with Crippen LogP contribution >= 0.6 is 0 Å². The summed E-state index contributed by atoms with van der Waals surface area (Å²) in [6.07, 6.45) is 6.36. The zero-order chi connectivity index (χ0) is 10.4. The lowest BCUT2D eigenvalue weighted by Crippen LogP contribution is -2.42. The highest BCUT2D eigenvalue weighted by Gasteiger charge is 2.70. The summed E-state index contributed by atoms with van der Waals surface area (Å²) in [6, 6.07) is 0. The monoisotopic (exact) mass is 208 g/mol. The largest absolute Gasteiger partial charge is 0.244 e. The van der Waals surface area contributed by atoms with Crippen LogP contribution in [0.2, 0.25) is 0 Å². The van der Waals surface area contributed by atoms with Crippen molar-refractivity contribution in [2.75, 3.05) is 0 Å². The first kappa shape index (κ1) is 9.01. The zero-order valence-corrected chi connectivity index (χ0v) is 9.80. The number of hydrogen-bond donors (Lipinski definition) is 0. The third-order valence-electron chi connectivity index (χ3n) is 6.46. The van der Waals surface area contributed by atoms with Crippen LogP contribution in [-0.4, -0.2) is 5.67 Å². The van der Waals surface area contributed by atoms with E-state index < -0.39 is 5.67 Å². The van der Waals surface area contributed by atoms with Gasteiger partial charge in [-0.05, 0) is 74.0 Å². The van der Waals surface area contributed by atoms with Crippen molar-refractivity contribution >= 4 is 0 Å². The Kier molecular flexibility index (Phi) is 1.37. The maximum atomic E-state index is 14.5. The number of alkyl halides is 1. The van der Waals surface area contributed by atoms with Crippen LogP contribution in [0.4, 0.5) is 4.39 Å². The Morgan fingerprint density at radius 2 is 1.87 bits per heavy atom. The fourth-order valence-corrected chi connectivity index (χ4v) is 6.45. The van der Waals surface area contributed by atoms with Crippen LogP contribution in [0.15, 0.2) is 0 Å². The summed E-state index contributed by atoms with van der Waals surface area (Å²) in [5.41, 5.74) is -0.459. The lowest BCUT2D eigenvalue weighted by Gasteiger charge is -2.44. The van der Waals surface area contributed by atoms with Gasteiger partial charge in [0.15, 0.2) is 0 Å². The third kappa shape index (κ3) is 0.863. The van der Waals surface area contributed by atoms with Gasteiger partial charge in [-0.3, -0.25) is 0 Å². The molecule has 84 valence electrons. The molecule has 4 rings (SSSR count). The average molecular weight is 208 g/mol. The molecule has 0 aromatic rings. The Bertz CT molecular complexity index is 321. The second-order valence-corrected chi connectivity index (χ2v) is 7.36. The molecular weight excluding hydrogens is 187 g/mol. The fraction of sp³-hybridized carbons (Fsp3) is 1.00. The molecule has 0 aliphatic heterocycles. The lowest BCUT2D eigenvalue weighted by atomic mass is 9.62. The van der Waals surface area contributed by atoms with E-state index in [1.165, 1.54) is 25.7 Å². The molecule has 0 nitrogen and oxygen atoms in total. The Morgan fingerprint density at radius 1 is 1.13 bits per heavy atom. The molecule has 4 saturated carbocycles. The first-order valence-electron chi connectivity index (χ1n) is 6.70. The number of halogens is 1. The van der Waals surface area contributed by atoms with E-state index in [1.807, 2.05) is 6.92 Å². The molecule has 4 aliphatic carbocycles. The summed E-state index contributed by atoms with van der Waals surface area (Å²) in [6.45, 7) is 4.27. The van der Waals surface area contributed by atoms with Crippen molar-refractivity contribution in [3.63, 3.8) is 0 Å².